The number of ether oxygens (including phenoxy) is 1. The van der Waals surface area contributed by atoms with Gasteiger partial charge in [0.05, 0.1) is 17.2 Å². The van der Waals surface area contributed by atoms with Crippen molar-refractivity contribution in [3.05, 3.63) is 90.2 Å². The van der Waals surface area contributed by atoms with Crippen LogP contribution in [0, 0.1) is 11.7 Å². The molecule has 3 aromatic rings. The first-order valence-corrected chi connectivity index (χ1v) is 14.6. The van der Waals surface area contributed by atoms with Crippen LogP contribution in [-0.2, 0) is 26.2 Å². The maximum Gasteiger partial charge on any atom is 0.264 e. The number of hydrogen-bond donors (Lipinski definition) is 1. The predicted octanol–water partition coefficient (Wildman–Crippen LogP) is 4.61. The molecule has 0 fully saturated rings. The SMILES string of the molecule is CCOc1ccc(S(=O)(=O)N(CC(=O)N(Cc2ccc(F)cc2)C(C)C(=O)NCC(C)C)c2ccccc2)cc1. The van der Waals surface area contributed by atoms with Crippen LogP contribution in [0.5, 0.6) is 5.75 Å². The molecule has 0 heterocycles. The monoisotopic (exact) mass is 569 g/mol. The van der Waals surface area contributed by atoms with Crippen molar-refractivity contribution in [2.24, 2.45) is 5.92 Å². The minimum Gasteiger partial charge on any atom is -0.494 e. The fourth-order valence-corrected chi connectivity index (χ4v) is 5.36. The second-order valence-corrected chi connectivity index (χ2v) is 11.6. The van der Waals surface area contributed by atoms with Gasteiger partial charge in [-0.25, -0.2) is 12.8 Å². The van der Waals surface area contributed by atoms with E-state index in [4.69, 9.17) is 4.74 Å². The van der Waals surface area contributed by atoms with Gasteiger partial charge in [0.2, 0.25) is 11.8 Å². The average molecular weight is 570 g/mol. The van der Waals surface area contributed by atoms with Crippen molar-refractivity contribution >= 4 is 27.5 Å². The van der Waals surface area contributed by atoms with Gasteiger partial charge < -0.3 is 15.0 Å². The zero-order chi connectivity index (χ0) is 29.3. The number of anilines is 1. The molecule has 1 unspecified atom stereocenters. The normalized spacial score (nSPS) is 12.1. The summed E-state index contributed by atoms with van der Waals surface area (Å²) in [7, 11) is -4.18. The Morgan fingerprint density at radius 1 is 0.925 bits per heavy atom. The molecule has 40 heavy (non-hydrogen) atoms. The summed E-state index contributed by atoms with van der Waals surface area (Å²) in [5.41, 5.74) is 0.891. The van der Waals surface area contributed by atoms with Gasteiger partial charge in [-0.1, -0.05) is 44.2 Å². The number of sulfonamides is 1. The van der Waals surface area contributed by atoms with Crippen LogP contribution in [0.4, 0.5) is 10.1 Å². The van der Waals surface area contributed by atoms with Gasteiger partial charge in [0, 0.05) is 13.1 Å². The summed E-state index contributed by atoms with van der Waals surface area (Å²) in [6.07, 6.45) is 0. The van der Waals surface area contributed by atoms with Crippen molar-refractivity contribution < 1.29 is 27.1 Å². The van der Waals surface area contributed by atoms with E-state index in [1.54, 1.807) is 49.4 Å². The quantitative estimate of drug-likeness (QED) is 0.324. The minimum absolute atomic E-state index is 0.0128. The Bertz CT molecular complexity index is 1360. The first-order valence-electron chi connectivity index (χ1n) is 13.1. The van der Waals surface area contributed by atoms with Crippen molar-refractivity contribution in [2.45, 2.75) is 45.2 Å². The summed E-state index contributed by atoms with van der Waals surface area (Å²) in [4.78, 5) is 28.1. The number of hydrogen-bond acceptors (Lipinski definition) is 5. The lowest BCUT2D eigenvalue weighted by Gasteiger charge is -2.32. The zero-order valence-electron chi connectivity index (χ0n) is 23.2. The van der Waals surface area contributed by atoms with Gasteiger partial charge in [0.25, 0.3) is 10.0 Å². The van der Waals surface area contributed by atoms with Crippen LogP contribution in [0.2, 0.25) is 0 Å². The molecule has 1 N–H and O–H groups in total. The van der Waals surface area contributed by atoms with Gasteiger partial charge in [0.1, 0.15) is 24.2 Å². The highest BCUT2D eigenvalue weighted by atomic mass is 32.2. The third-order valence-electron chi connectivity index (χ3n) is 6.16. The minimum atomic E-state index is -4.18. The molecule has 0 spiro atoms. The van der Waals surface area contributed by atoms with Crippen LogP contribution < -0.4 is 14.4 Å². The van der Waals surface area contributed by atoms with Crippen LogP contribution in [0.1, 0.15) is 33.3 Å². The first-order chi connectivity index (χ1) is 19.0. The van der Waals surface area contributed by atoms with Gasteiger partial charge in [-0.2, -0.15) is 0 Å². The fourth-order valence-electron chi connectivity index (χ4n) is 3.95. The van der Waals surface area contributed by atoms with Crippen LogP contribution >= 0.6 is 0 Å². The molecular formula is C30H36FN3O5S. The predicted molar refractivity (Wildman–Crippen MR) is 153 cm³/mol. The van der Waals surface area contributed by atoms with E-state index in [1.807, 2.05) is 20.8 Å². The molecular weight excluding hydrogens is 533 g/mol. The topological polar surface area (TPSA) is 96.0 Å². The summed E-state index contributed by atoms with van der Waals surface area (Å²) in [5.74, 6) is -0.665. The van der Waals surface area contributed by atoms with Gasteiger partial charge in [-0.05, 0) is 73.9 Å². The van der Waals surface area contributed by atoms with Crippen molar-refractivity contribution in [1.29, 1.82) is 0 Å². The summed E-state index contributed by atoms with van der Waals surface area (Å²) in [5, 5.41) is 2.83. The van der Waals surface area contributed by atoms with E-state index in [1.165, 1.54) is 41.3 Å². The second kappa shape index (κ2) is 13.9. The van der Waals surface area contributed by atoms with Crippen molar-refractivity contribution in [2.75, 3.05) is 24.0 Å². The standard InChI is InChI=1S/C30H36FN3O5S/c1-5-39-27-15-17-28(18-16-27)40(37,38)34(26-9-7-6-8-10-26)21-29(35)33(20-24-11-13-25(31)14-12-24)23(4)30(36)32-19-22(2)3/h6-18,22-23H,5,19-21H2,1-4H3,(H,32,36). The maximum absolute atomic E-state index is 13.8. The molecule has 0 bridgehead atoms. The first kappa shape index (κ1) is 30.6. The summed E-state index contributed by atoms with van der Waals surface area (Å²) in [6, 6.07) is 19.0. The number of nitrogens with one attached hydrogen (secondary N) is 1. The van der Waals surface area contributed by atoms with E-state index in [-0.39, 0.29) is 23.3 Å². The largest absolute Gasteiger partial charge is 0.494 e. The molecule has 1 atom stereocenters. The Hall–Kier alpha value is -3.92. The number of benzene rings is 3. The number of carbonyl (C=O) groups excluding carboxylic acids is 2. The third-order valence-corrected chi connectivity index (χ3v) is 7.95. The number of halogens is 1. The van der Waals surface area contributed by atoms with Crippen LogP contribution in [0.15, 0.2) is 83.8 Å². The number of amides is 2. The third kappa shape index (κ3) is 8.05. The molecule has 3 aromatic carbocycles. The van der Waals surface area contributed by atoms with Gasteiger partial charge >= 0.3 is 0 Å². The van der Waals surface area contributed by atoms with Gasteiger partial charge in [0.15, 0.2) is 0 Å². The highest BCUT2D eigenvalue weighted by Crippen LogP contribution is 2.26. The molecule has 0 saturated carbocycles. The smallest absolute Gasteiger partial charge is 0.264 e. The molecule has 214 valence electrons. The van der Waals surface area contributed by atoms with Crippen molar-refractivity contribution in [3.8, 4) is 5.75 Å². The lowest BCUT2D eigenvalue weighted by Crippen LogP contribution is -2.51. The molecule has 0 aliphatic carbocycles. The highest BCUT2D eigenvalue weighted by molar-refractivity contribution is 7.92. The summed E-state index contributed by atoms with van der Waals surface area (Å²) in [6.45, 7) is 7.61. The molecule has 0 saturated heterocycles. The number of nitrogens with zero attached hydrogens (tertiary/aromatic N) is 2. The van der Waals surface area contributed by atoms with E-state index in [9.17, 15) is 22.4 Å². The number of para-hydroxylation sites is 1. The highest BCUT2D eigenvalue weighted by Gasteiger charge is 2.32. The van der Waals surface area contributed by atoms with Crippen LogP contribution in [0.3, 0.4) is 0 Å². The molecule has 0 aromatic heterocycles. The molecule has 0 aliphatic heterocycles. The van der Waals surface area contributed by atoms with Gasteiger partial charge in [-0.3, -0.25) is 13.9 Å². The van der Waals surface area contributed by atoms with Gasteiger partial charge in [-0.15, -0.1) is 0 Å². The van der Waals surface area contributed by atoms with E-state index < -0.39 is 34.3 Å². The molecule has 2 amide bonds. The fraction of sp³-hybridized carbons (Fsp3) is 0.333. The Morgan fingerprint density at radius 2 is 1.55 bits per heavy atom. The van der Waals surface area contributed by atoms with E-state index in [0.717, 1.165) is 4.31 Å². The zero-order valence-corrected chi connectivity index (χ0v) is 24.0. The molecule has 8 nitrogen and oxygen atoms in total. The molecule has 10 heteroatoms. The summed E-state index contributed by atoms with van der Waals surface area (Å²) < 4.78 is 47.7. The van der Waals surface area contributed by atoms with E-state index in [2.05, 4.69) is 5.32 Å². The number of carbonyl (C=O) groups is 2. The van der Waals surface area contributed by atoms with Crippen molar-refractivity contribution in [1.82, 2.24) is 10.2 Å². The number of rotatable bonds is 13. The molecule has 0 aliphatic rings. The van der Waals surface area contributed by atoms with Crippen LogP contribution in [-0.4, -0.2) is 50.9 Å². The second-order valence-electron chi connectivity index (χ2n) is 9.71. The Balaban J connectivity index is 1.97. The molecule has 0 radical (unpaired) electrons. The lowest BCUT2D eigenvalue weighted by molar-refractivity contribution is -0.139. The van der Waals surface area contributed by atoms with E-state index in [0.29, 0.717) is 30.2 Å². The Kier molecular flexibility index (Phi) is 10.7. The maximum atomic E-state index is 13.8. The van der Waals surface area contributed by atoms with E-state index >= 15 is 0 Å². The Morgan fingerprint density at radius 3 is 2.12 bits per heavy atom. The molecule has 3 rings (SSSR count). The van der Waals surface area contributed by atoms with Crippen molar-refractivity contribution in [3.63, 3.8) is 0 Å². The Labute approximate surface area is 235 Å². The van der Waals surface area contributed by atoms with Crippen LogP contribution in [0.25, 0.3) is 0 Å². The average Bonchev–Trinajstić information content (AvgIpc) is 2.94. The summed E-state index contributed by atoms with van der Waals surface area (Å²) >= 11 is 0. The lowest BCUT2D eigenvalue weighted by atomic mass is 10.1.